The van der Waals surface area contributed by atoms with E-state index < -0.39 is 27.1 Å². The first-order valence-corrected chi connectivity index (χ1v) is 18.5. The highest BCUT2D eigenvalue weighted by atomic mass is 32.2. The van der Waals surface area contributed by atoms with Crippen molar-refractivity contribution in [3.8, 4) is 0 Å². The normalized spacial score (nSPS) is 32.9. The van der Waals surface area contributed by atoms with Gasteiger partial charge in [0.15, 0.2) is 5.78 Å². The lowest BCUT2D eigenvalue weighted by Gasteiger charge is -2.46. The summed E-state index contributed by atoms with van der Waals surface area (Å²) in [6.45, 7) is 5.14. The van der Waals surface area contributed by atoms with Gasteiger partial charge in [-0.05, 0) is 101 Å². The van der Waals surface area contributed by atoms with Crippen LogP contribution in [0.5, 0.6) is 0 Å². The molecule has 8 heteroatoms. The van der Waals surface area contributed by atoms with E-state index in [4.69, 9.17) is 4.74 Å². The Morgan fingerprint density at radius 2 is 1.84 bits per heavy atom. The molecule has 1 aromatic carbocycles. The number of carbonyl (C=O) groups is 1. The van der Waals surface area contributed by atoms with Gasteiger partial charge in [0.1, 0.15) is 0 Å². The number of hydrogen-bond acceptors (Lipinski definition) is 6. The summed E-state index contributed by atoms with van der Waals surface area (Å²) in [5, 5.41) is 23.5. The largest absolute Gasteiger partial charge is 0.393 e. The van der Waals surface area contributed by atoms with Crippen LogP contribution >= 0.6 is 0 Å². The summed E-state index contributed by atoms with van der Waals surface area (Å²) in [5.41, 5.74) is 2.00. The second-order valence-electron chi connectivity index (χ2n) is 14.3. The van der Waals surface area contributed by atoms with Crippen LogP contribution in [0.15, 0.2) is 29.8 Å². The highest BCUT2D eigenvalue weighted by Crippen LogP contribution is 2.59. The number of nitrogens with zero attached hydrogens (tertiary/aromatic N) is 1. The summed E-state index contributed by atoms with van der Waals surface area (Å²) in [6.07, 6.45) is 14.2. The summed E-state index contributed by atoms with van der Waals surface area (Å²) in [6, 6.07) is 6.17. The Morgan fingerprint density at radius 3 is 2.53 bits per heavy atom. The van der Waals surface area contributed by atoms with E-state index in [-0.39, 0.29) is 36.8 Å². The summed E-state index contributed by atoms with van der Waals surface area (Å²) >= 11 is 0. The number of benzene rings is 1. The van der Waals surface area contributed by atoms with Crippen LogP contribution in [0.2, 0.25) is 0 Å². The SMILES string of the molecule is CC1=CCCC2(C)C(CCC2(O)CN(CC2CCCO2)S(C)(=O)=O)c2ccc(cc2C(=O)C2CCCCC2)CC(O)CC1. The molecule has 0 aromatic heterocycles. The van der Waals surface area contributed by atoms with Gasteiger partial charge >= 0.3 is 0 Å². The van der Waals surface area contributed by atoms with Gasteiger partial charge in [-0.15, -0.1) is 0 Å². The molecule has 3 fully saturated rings. The Morgan fingerprint density at radius 1 is 1.07 bits per heavy atom. The molecule has 5 aliphatic rings. The fourth-order valence-electron chi connectivity index (χ4n) is 8.42. The number of rotatable bonds is 7. The molecule has 1 heterocycles. The summed E-state index contributed by atoms with van der Waals surface area (Å²) in [5.74, 6) is 0.110. The van der Waals surface area contributed by atoms with E-state index in [0.29, 0.717) is 38.7 Å². The first-order chi connectivity index (χ1) is 20.4. The number of allylic oxidation sites excluding steroid dienone is 2. The van der Waals surface area contributed by atoms with Gasteiger partial charge in [-0.2, -0.15) is 4.31 Å². The second-order valence-corrected chi connectivity index (χ2v) is 16.3. The van der Waals surface area contributed by atoms with E-state index in [1.165, 1.54) is 22.6 Å². The van der Waals surface area contributed by atoms with Crippen LogP contribution in [0.25, 0.3) is 0 Å². The van der Waals surface area contributed by atoms with E-state index in [9.17, 15) is 23.4 Å². The zero-order valence-electron chi connectivity index (χ0n) is 26.5. The molecule has 1 saturated heterocycles. The molecule has 1 aromatic rings. The number of Topliss-reactive ketones (excluding diaryl/α,β-unsaturated/α-hetero) is 1. The van der Waals surface area contributed by atoms with Crippen molar-refractivity contribution in [1.29, 1.82) is 0 Å². The molecule has 4 aliphatic carbocycles. The van der Waals surface area contributed by atoms with Crippen molar-refractivity contribution >= 4 is 15.8 Å². The van der Waals surface area contributed by atoms with Crippen LogP contribution in [0, 0.1) is 11.3 Å². The number of aliphatic hydroxyl groups excluding tert-OH is 1. The van der Waals surface area contributed by atoms with E-state index in [2.05, 4.69) is 32.1 Å². The van der Waals surface area contributed by atoms with Gasteiger partial charge in [0, 0.05) is 36.6 Å². The van der Waals surface area contributed by atoms with Gasteiger partial charge < -0.3 is 14.9 Å². The zero-order chi connectivity index (χ0) is 30.8. The van der Waals surface area contributed by atoms with Crippen LogP contribution in [0.1, 0.15) is 125 Å². The van der Waals surface area contributed by atoms with Crippen molar-refractivity contribution < 1.29 is 28.2 Å². The van der Waals surface area contributed by atoms with Gasteiger partial charge in [-0.25, -0.2) is 8.42 Å². The lowest BCUT2D eigenvalue weighted by Crippen LogP contribution is -2.54. The van der Waals surface area contributed by atoms with Crippen LogP contribution in [-0.2, 0) is 21.2 Å². The summed E-state index contributed by atoms with van der Waals surface area (Å²) in [4.78, 5) is 14.2. The minimum atomic E-state index is -3.59. The predicted molar refractivity (Wildman–Crippen MR) is 170 cm³/mol. The van der Waals surface area contributed by atoms with Crippen molar-refractivity contribution in [3.05, 3.63) is 46.5 Å². The number of carbonyl (C=O) groups excluding carboxylic acids is 1. The van der Waals surface area contributed by atoms with Gasteiger partial charge in [-0.1, -0.05) is 50.0 Å². The third kappa shape index (κ3) is 7.30. The third-order valence-corrected chi connectivity index (χ3v) is 12.5. The minimum absolute atomic E-state index is 0.0100. The Hall–Kier alpha value is -1.58. The molecule has 5 atom stereocenters. The van der Waals surface area contributed by atoms with Crippen LogP contribution in [0.4, 0.5) is 0 Å². The molecule has 0 radical (unpaired) electrons. The van der Waals surface area contributed by atoms with Crippen LogP contribution in [0.3, 0.4) is 0 Å². The van der Waals surface area contributed by atoms with Gasteiger partial charge in [0.2, 0.25) is 10.0 Å². The first-order valence-electron chi connectivity index (χ1n) is 16.7. The number of hydrogen-bond donors (Lipinski definition) is 2. The van der Waals surface area contributed by atoms with Crippen molar-refractivity contribution in [2.45, 2.75) is 127 Å². The fraction of sp³-hybridized carbons (Fsp3) is 0.743. The third-order valence-electron chi connectivity index (χ3n) is 11.3. The number of ketones is 1. The average Bonchev–Trinajstić information content (AvgIpc) is 3.57. The van der Waals surface area contributed by atoms with Crippen molar-refractivity contribution in [2.24, 2.45) is 11.3 Å². The minimum Gasteiger partial charge on any atom is -0.393 e. The lowest BCUT2D eigenvalue weighted by atomic mass is 9.64. The van der Waals surface area contributed by atoms with Gasteiger partial charge in [0.05, 0.1) is 24.1 Å². The smallest absolute Gasteiger partial charge is 0.211 e. The highest BCUT2D eigenvalue weighted by Gasteiger charge is 2.58. The Bertz CT molecular complexity index is 1280. The van der Waals surface area contributed by atoms with Crippen molar-refractivity contribution in [2.75, 3.05) is 26.0 Å². The molecule has 2 bridgehead atoms. The van der Waals surface area contributed by atoms with Crippen molar-refractivity contribution in [1.82, 2.24) is 4.31 Å². The molecule has 1 aliphatic heterocycles. The monoisotopic (exact) mass is 615 g/mol. The molecule has 2 saturated carbocycles. The Labute approximate surface area is 259 Å². The quantitative estimate of drug-likeness (QED) is 0.291. The Balaban J connectivity index is 1.56. The number of aliphatic hydroxyl groups is 2. The molecule has 5 unspecified atom stereocenters. The lowest BCUT2D eigenvalue weighted by molar-refractivity contribution is -0.0754. The molecule has 2 N–H and O–H groups in total. The van der Waals surface area contributed by atoms with E-state index >= 15 is 0 Å². The van der Waals surface area contributed by atoms with E-state index in [0.717, 1.165) is 68.1 Å². The summed E-state index contributed by atoms with van der Waals surface area (Å²) < 4.78 is 33.4. The predicted octanol–water partition coefficient (Wildman–Crippen LogP) is 5.93. The topological polar surface area (TPSA) is 104 Å². The first kappa shape index (κ1) is 32.8. The molecule has 0 amide bonds. The number of ether oxygens (including phenoxy) is 1. The average molecular weight is 616 g/mol. The maximum Gasteiger partial charge on any atom is 0.211 e. The molecule has 240 valence electrons. The molecule has 0 spiro atoms. The Kier molecular flexibility index (Phi) is 10.2. The van der Waals surface area contributed by atoms with E-state index in [1.807, 2.05) is 6.07 Å². The molecule has 43 heavy (non-hydrogen) atoms. The second kappa shape index (κ2) is 13.4. The maximum absolute atomic E-state index is 14.2. The van der Waals surface area contributed by atoms with Crippen molar-refractivity contribution in [3.63, 3.8) is 0 Å². The molecular weight excluding hydrogens is 562 g/mol. The highest BCUT2D eigenvalue weighted by molar-refractivity contribution is 7.88. The van der Waals surface area contributed by atoms with Crippen LogP contribution < -0.4 is 0 Å². The van der Waals surface area contributed by atoms with Crippen LogP contribution in [-0.4, -0.2) is 72.5 Å². The maximum atomic E-state index is 14.2. The molecular formula is C35H53NO6S. The van der Waals surface area contributed by atoms with E-state index in [1.54, 1.807) is 0 Å². The molecule has 7 nitrogen and oxygen atoms in total. The standard InChI is InChI=1S/C35H53NO6S/c1-25-9-7-18-34(2)32(17-19-35(34,39)24-36(43(3,40)41)23-29-12-8-20-42-29)30-16-14-26(21-28(37)15-13-25)22-31(30)33(38)27-10-5-4-6-11-27/h9,14,16,22,27-29,32,37,39H,4-8,10-13,15,17-21,23-24H2,1-3H3. The van der Waals surface area contributed by atoms with Gasteiger partial charge in [0.25, 0.3) is 0 Å². The fourth-order valence-corrected chi connectivity index (χ4v) is 9.31. The zero-order valence-corrected chi connectivity index (χ0v) is 27.3. The number of fused-ring (bicyclic) bond motifs is 8. The van der Waals surface area contributed by atoms with Gasteiger partial charge in [-0.3, -0.25) is 4.79 Å². The molecule has 6 rings (SSSR count). The number of sulfonamides is 1. The summed E-state index contributed by atoms with van der Waals surface area (Å²) in [7, 11) is -3.59.